The Balaban J connectivity index is 1.92. The van der Waals surface area contributed by atoms with Gasteiger partial charge in [0.25, 0.3) is 0 Å². The zero-order valence-corrected chi connectivity index (χ0v) is 14.9. The van der Waals surface area contributed by atoms with Crippen LogP contribution in [0.3, 0.4) is 0 Å². The van der Waals surface area contributed by atoms with Crippen molar-refractivity contribution in [1.82, 2.24) is 0 Å². The molecule has 0 unspecified atom stereocenters. The molecule has 1 heterocycles. The van der Waals surface area contributed by atoms with E-state index in [2.05, 4.69) is 78.1 Å². The zero-order valence-electron chi connectivity index (χ0n) is 14.9. The van der Waals surface area contributed by atoms with Crippen molar-refractivity contribution in [3.8, 4) is 22.4 Å². The minimum Gasteiger partial charge on any atom is -0.238 e. The molecule has 0 fully saturated rings. The lowest BCUT2D eigenvalue weighted by Crippen LogP contribution is -2.30. The van der Waals surface area contributed by atoms with Gasteiger partial charge in [0.2, 0.25) is 5.69 Å². The van der Waals surface area contributed by atoms with E-state index in [9.17, 15) is 0 Å². The van der Waals surface area contributed by atoms with E-state index >= 15 is 0 Å². The Hall–Kier alpha value is -3.44. The average molecular weight is 335 g/mol. The molecule has 0 bridgehead atoms. The first-order chi connectivity index (χ1) is 12.7. The van der Waals surface area contributed by atoms with E-state index < -0.39 is 0 Å². The van der Waals surface area contributed by atoms with Crippen LogP contribution in [0, 0.1) is 13.5 Å². The standard InChI is InChI=1S/C24H19N2/c1-17-13-19-9-10-22(25-2)14-21(19)15-23(17)24-16-20(11-12-26(24)3)18-7-5-4-6-8-18/h4-16H,1,3H3/q+1. The van der Waals surface area contributed by atoms with Gasteiger partial charge in [-0.25, -0.2) is 9.41 Å². The van der Waals surface area contributed by atoms with Gasteiger partial charge in [0.1, 0.15) is 7.05 Å². The summed E-state index contributed by atoms with van der Waals surface area (Å²) >= 11 is 0. The molecule has 0 aliphatic rings. The lowest BCUT2D eigenvalue weighted by molar-refractivity contribution is -0.660. The number of hydrogen-bond donors (Lipinski definition) is 0. The maximum atomic E-state index is 7.26. The summed E-state index contributed by atoms with van der Waals surface area (Å²) < 4.78 is 2.15. The fraction of sp³-hybridized carbons (Fsp3) is 0.0833. The second kappa shape index (κ2) is 6.46. The van der Waals surface area contributed by atoms with Crippen LogP contribution in [-0.4, -0.2) is 0 Å². The van der Waals surface area contributed by atoms with Crippen molar-refractivity contribution in [2.45, 2.75) is 6.92 Å². The van der Waals surface area contributed by atoms with Crippen molar-refractivity contribution in [2.75, 3.05) is 0 Å². The van der Waals surface area contributed by atoms with Crippen molar-refractivity contribution >= 4 is 16.5 Å². The first-order valence-corrected chi connectivity index (χ1v) is 8.63. The van der Waals surface area contributed by atoms with Gasteiger partial charge in [0.15, 0.2) is 11.9 Å². The van der Waals surface area contributed by atoms with Crippen LogP contribution < -0.4 is 4.57 Å². The maximum absolute atomic E-state index is 7.26. The third-order valence-corrected chi connectivity index (χ3v) is 4.83. The smallest absolute Gasteiger partial charge is 0.213 e. The Morgan fingerprint density at radius 1 is 0.808 bits per heavy atom. The molecule has 0 atom stereocenters. The van der Waals surface area contributed by atoms with Crippen molar-refractivity contribution in [3.63, 3.8) is 0 Å². The molecule has 0 spiro atoms. The predicted octanol–water partition coefficient (Wildman–Crippen LogP) is 5.86. The van der Waals surface area contributed by atoms with Gasteiger partial charge < -0.3 is 0 Å². The van der Waals surface area contributed by atoms with Crippen molar-refractivity contribution < 1.29 is 4.57 Å². The van der Waals surface area contributed by atoms with Gasteiger partial charge in [-0.3, -0.25) is 0 Å². The first kappa shape index (κ1) is 16.1. The van der Waals surface area contributed by atoms with Crippen LogP contribution in [0.4, 0.5) is 5.69 Å². The van der Waals surface area contributed by atoms with Gasteiger partial charge in [-0.1, -0.05) is 48.5 Å². The molecule has 1 aromatic heterocycles. The molecule has 0 N–H and O–H groups in total. The number of aryl methyl sites for hydroxylation is 2. The molecular formula is C24H19N2+. The number of rotatable bonds is 2. The van der Waals surface area contributed by atoms with Gasteiger partial charge in [-0.2, -0.15) is 0 Å². The molecule has 2 heteroatoms. The SMILES string of the molecule is [C-]#[N+]c1ccc2cc(C)c(-c3cc(-c4ccccc4)cc[n+]3C)cc2c1. The van der Waals surface area contributed by atoms with Crippen LogP contribution in [0.5, 0.6) is 0 Å². The van der Waals surface area contributed by atoms with Crippen molar-refractivity contribution in [1.29, 1.82) is 0 Å². The highest BCUT2D eigenvalue weighted by Crippen LogP contribution is 2.30. The number of benzene rings is 3. The summed E-state index contributed by atoms with van der Waals surface area (Å²) in [7, 11) is 2.07. The fourth-order valence-corrected chi connectivity index (χ4v) is 3.39. The minimum absolute atomic E-state index is 0.676. The monoisotopic (exact) mass is 335 g/mol. The molecule has 3 aromatic carbocycles. The average Bonchev–Trinajstić information content (AvgIpc) is 2.68. The van der Waals surface area contributed by atoms with Gasteiger partial charge in [-0.05, 0) is 46.5 Å². The lowest BCUT2D eigenvalue weighted by Gasteiger charge is -2.09. The van der Waals surface area contributed by atoms with Gasteiger partial charge in [0.05, 0.1) is 6.57 Å². The number of fused-ring (bicyclic) bond motifs is 1. The minimum atomic E-state index is 0.676. The van der Waals surface area contributed by atoms with E-state index in [1.54, 1.807) is 0 Å². The maximum Gasteiger partial charge on any atom is 0.213 e. The summed E-state index contributed by atoms with van der Waals surface area (Å²) in [4.78, 5) is 3.56. The molecule has 0 amide bonds. The third kappa shape index (κ3) is 2.85. The van der Waals surface area contributed by atoms with E-state index in [0.717, 1.165) is 5.39 Å². The van der Waals surface area contributed by atoms with E-state index in [4.69, 9.17) is 6.57 Å². The summed E-state index contributed by atoms with van der Waals surface area (Å²) in [5, 5.41) is 2.27. The number of pyridine rings is 1. The summed E-state index contributed by atoms with van der Waals surface area (Å²) in [5.41, 5.74) is 6.68. The normalized spacial score (nSPS) is 10.7. The number of nitrogens with zero attached hydrogens (tertiary/aromatic N) is 2. The molecule has 0 aliphatic carbocycles. The largest absolute Gasteiger partial charge is 0.238 e. The Kier molecular flexibility index (Phi) is 3.99. The summed E-state index contributed by atoms with van der Waals surface area (Å²) in [6.45, 7) is 9.40. The Morgan fingerprint density at radius 3 is 2.38 bits per heavy atom. The molecule has 2 nitrogen and oxygen atoms in total. The van der Waals surface area contributed by atoms with Crippen LogP contribution in [0.1, 0.15) is 5.56 Å². The van der Waals surface area contributed by atoms with E-state index in [0.29, 0.717) is 5.69 Å². The molecule has 4 aromatic rings. The molecule has 124 valence electrons. The second-order valence-corrected chi connectivity index (χ2v) is 6.59. The van der Waals surface area contributed by atoms with Gasteiger partial charge in [0, 0.05) is 17.7 Å². The molecule has 26 heavy (non-hydrogen) atoms. The fourth-order valence-electron chi connectivity index (χ4n) is 3.39. The molecule has 0 aliphatic heterocycles. The van der Waals surface area contributed by atoms with Crippen LogP contribution in [0.2, 0.25) is 0 Å². The highest BCUT2D eigenvalue weighted by atomic mass is 14.9. The lowest BCUT2D eigenvalue weighted by atomic mass is 9.97. The third-order valence-electron chi connectivity index (χ3n) is 4.83. The van der Waals surface area contributed by atoms with E-state index in [1.165, 1.54) is 33.3 Å². The van der Waals surface area contributed by atoms with E-state index in [1.807, 2.05) is 24.3 Å². The molecule has 0 radical (unpaired) electrons. The molecule has 0 saturated carbocycles. The summed E-state index contributed by atoms with van der Waals surface area (Å²) in [5.74, 6) is 0. The van der Waals surface area contributed by atoms with Crippen molar-refractivity contribution in [3.05, 3.63) is 96.0 Å². The second-order valence-electron chi connectivity index (χ2n) is 6.59. The quantitative estimate of drug-likeness (QED) is 0.320. The zero-order chi connectivity index (χ0) is 18.1. The molecule has 4 rings (SSSR count). The summed E-state index contributed by atoms with van der Waals surface area (Å²) in [6, 6.07) is 25.1. The molecular weight excluding hydrogens is 316 g/mol. The van der Waals surface area contributed by atoms with Crippen molar-refractivity contribution in [2.24, 2.45) is 7.05 Å². The Bertz CT molecular complexity index is 1150. The van der Waals surface area contributed by atoms with Gasteiger partial charge in [-0.15, -0.1) is 0 Å². The Labute approximate surface area is 153 Å². The van der Waals surface area contributed by atoms with Crippen LogP contribution >= 0.6 is 0 Å². The van der Waals surface area contributed by atoms with Gasteiger partial charge >= 0.3 is 0 Å². The number of hydrogen-bond acceptors (Lipinski definition) is 0. The Morgan fingerprint density at radius 2 is 1.62 bits per heavy atom. The predicted molar refractivity (Wildman–Crippen MR) is 107 cm³/mol. The van der Waals surface area contributed by atoms with E-state index in [-0.39, 0.29) is 0 Å². The van der Waals surface area contributed by atoms with Crippen LogP contribution in [-0.2, 0) is 7.05 Å². The number of aromatic nitrogens is 1. The topological polar surface area (TPSA) is 8.24 Å². The first-order valence-electron chi connectivity index (χ1n) is 8.63. The molecule has 0 saturated heterocycles. The summed E-state index contributed by atoms with van der Waals surface area (Å²) in [6.07, 6.45) is 2.11. The highest BCUT2D eigenvalue weighted by Gasteiger charge is 2.15. The van der Waals surface area contributed by atoms with Crippen LogP contribution in [0.15, 0.2) is 79.0 Å². The highest BCUT2D eigenvalue weighted by molar-refractivity contribution is 5.91. The van der Waals surface area contributed by atoms with Crippen LogP contribution in [0.25, 0.3) is 38.0 Å².